The van der Waals surface area contributed by atoms with Crippen LogP contribution in [0.15, 0.2) is 30.3 Å². The van der Waals surface area contributed by atoms with Gasteiger partial charge >= 0.3 is 0 Å². The molecular formula is C19H17F2N9S. The van der Waals surface area contributed by atoms with Gasteiger partial charge in [-0.2, -0.15) is 5.10 Å². The molecule has 4 aromatic rings. The topological polar surface area (TPSA) is 101 Å². The van der Waals surface area contributed by atoms with E-state index in [9.17, 15) is 8.78 Å². The fourth-order valence-electron chi connectivity index (χ4n) is 4.38. The van der Waals surface area contributed by atoms with Crippen molar-refractivity contribution in [2.45, 2.75) is 44.2 Å². The Hall–Kier alpha value is -3.28. The molecule has 0 amide bonds. The van der Waals surface area contributed by atoms with Gasteiger partial charge in [-0.25, -0.2) is 23.7 Å². The van der Waals surface area contributed by atoms with E-state index in [-0.39, 0.29) is 24.9 Å². The van der Waals surface area contributed by atoms with Crippen LogP contribution in [0, 0.1) is 0 Å². The SMILES string of the molecule is CC[C@@H]1c2nncn2-c2cnc(-c3cn[nH]c3-c3nccs3)nc2N1C1CC(F)(F)C1. The van der Waals surface area contributed by atoms with Gasteiger partial charge in [0.15, 0.2) is 17.5 Å². The molecule has 5 heterocycles. The summed E-state index contributed by atoms with van der Waals surface area (Å²) in [7, 11) is 0. The molecule has 1 aliphatic heterocycles. The van der Waals surface area contributed by atoms with Crippen molar-refractivity contribution in [3.05, 3.63) is 36.1 Å². The predicted octanol–water partition coefficient (Wildman–Crippen LogP) is 3.64. The van der Waals surface area contributed by atoms with E-state index in [1.165, 1.54) is 11.3 Å². The summed E-state index contributed by atoms with van der Waals surface area (Å²) in [4.78, 5) is 15.7. The number of H-pyrrole nitrogens is 1. The zero-order valence-electron chi connectivity index (χ0n) is 16.4. The smallest absolute Gasteiger partial charge is 0.252 e. The van der Waals surface area contributed by atoms with Crippen molar-refractivity contribution in [3.8, 4) is 27.8 Å². The van der Waals surface area contributed by atoms with Gasteiger partial charge in [0.25, 0.3) is 5.92 Å². The van der Waals surface area contributed by atoms with Gasteiger partial charge in [-0.15, -0.1) is 21.5 Å². The van der Waals surface area contributed by atoms with E-state index in [4.69, 9.17) is 4.98 Å². The first-order valence-corrected chi connectivity index (χ1v) is 10.8. The maximum absolute atomic E-state index is 13.8. The van der Waals surface area contributed by atoms with Crippen LogP contribution in [0.1, 0.15) is 38.1 Å². The molecule has 0 aromatic carbocycles. The molecule has 0 radical (unpaired) electrons. The summed E-state index contributed by atoms with van der Waals surface area (Å²) >= 11 is 1.48. The van der Waals surface area contributed by atoms with E-state index in [1.54, 1.807) is 24.9 Å². The first-order valence-electron chi connectivity index (χ1n) is 9.93. The standard InChI is InChI=1S/C19H17F2N9S/c1-2-12-17-28-25-9-29(17)13-8-23-15(11-7-24-27-14(11)18-22-3-4-31-18)26-16(13)30(12)10-5-19(20,21)6-10/h3-4,7-10,12H,2,5-6H2,1H3,(H,24,27)/t12-/m1/s1. The Morgan fingerprint density at radius 3 is 2.87 bits per heavy atom. The molecule has 1 fully saturated rings. The predicted molar refractivity (Wildman–Crippen MR) is 109 cm³/mol. The number of aromatic nitrogens is 8. The molecule has 6 rings (SSSR count). The minimum atomic E-state index is -2.65. The van der Waals surface area contributed by atoms with Crippen LogP contribution in [0.2, 0.25) is 0 Å². The van der Waals surface area contributed by atoms with Crippen molar-refractivity contribution in [2.24, 2.45) is 0 Å². The summed E-state index contributed by atoms with van der Waals surface area (Å²) in [6, 6.07) is -0.517. The Bertz CT molecular complexity index is 1240. The molecule has 1 aliphatic carbocycles. The van der Waals surface area contributed by atoms with Crippen LogP contribution in [-0.2, 0) is 0 Å². The highest BCUT2D eigenvalue weighted by atomic mass is 32.1. The highest BCUT2D eigenvalue weighted by Gasteiger charge is 2.51. The monoisotopic (exact) mass is 441 g/mol. The van der Waals surface area contributed by atoms with Gasteiger partial charge in [0, 0.05) is 30.5 Å². The number of nitrogens with zero attached hydrogens (tertiary/aromatic N) is 8. The van der Waals surface area contributed by atoms with Gasteiger partial charge in [0.05, 0.1) is 24.0 Å². The molecule has 12 heteroatoms. The number of rotatable bonds is 4. The van der Waals surface area contributed by atoms with Gasteiger partial charge in [0.1, 0.15) is 22.7 Å². The summed E-state index contributed by atoms with van der Waals surface area (Å²) in [6.07, 6.45) is 6.97. The number of fused-ring (bicyclic) bond motifs is 3. The molecule has 0 saturated heterocycles. The van der Waals surface area contributed by atoms with E-state index in [1.807, 2.05) is 21.8 Å². The van der Waals surface area contributed by atoms with E-state index in [0.29, 0.717) is 35.1 Å². The van der Waals surface area contributed by atoms with Crippen LogP contribution in [0.3, 0.4) is 0 Å². The number of alkyl halides is 2. The normalized spacial score (nSPS) is 19.7. The zero-order valence-corrected chi connectivity index (χ0v) is 17.2. The molecule has 0 unspecified atom stereocenters. The highest BCUT2D eigenvalue weighted by Crippen LogP contribution is 2.48. The number of thiazole rings is 1. The van der Waals surface area contributed by atoms with Gasteiger partial charge in [-0.05, 0) is 6.42 Å². The quantitative estimate of drug-likeness (QED) is 0.516. The average Bonchev–Trinajstić information content (AvgIpc) is 3.51. The van der Waals surface area contributed by atoms with Crippen LogP contribution in [0.4, 0.5) is 14.6 Å². The van der Waals surface area contributed by atoms with Crippen molar-refractivity contribution < 1.29 is 8.78 Å². The molecule has 1 N–H and O–H groups in total. The summed E-state index contributed by atoms with van der Waals surface area (Å²) in [5.41, 5.74) is 2.12. The third kappa shape index (κ3) is 2.77. The number of hydrogen-bond donors (Lipinski definition) is 1. The first-order chi connectivity index (χ1) is 15.1. The lowest BCUT2D eigenvalue weighted by atomic mass is 9.85. The Labute approximate surface area is 179 Å². The third-order valence-electron chi connectivity index (χ3n) is 5.84. The van der Waals surface area contributed by atoms with Gasteiger partial charge in [-0.1, -0.05) is 6.92 Å². The van der Waals surface area contributed by atoms with Crippen LogP contribution >= 0.6 is 11.3 Å². The third-order valence-corrected chi connectivity index (χ3v) is 6.63. The van der Waals surface area contributed by atoms with Gasteiger partial charge in [0.2, 0.25) is 0 Å². The fraction of sp³-hybridized carbons (Fsp3) is 0.368. The largest absolute Gasteiger partial charge is 0.341 e. The van der Waals surface area contributed by atoms with Crippen molar-refractivity contribution in [1.29, 1.82) is 0 Å². The van der Waals surface area contributed by atoms with Crippen molar-refractivity contribution in [3.63, 3.8) is 0 Å². The minimum Gasteiger partial charge on any atom is -0.341 e. The Kier molecular flexibility index (Phi) is 3.94. The molecule has 158 valence electrons. The summed E-state index contributed by atoms with van der Waals surface area (Å²) in [6.45, 7) is 2.01. The second kappa shape index (κ2) is 6.61. The fourth-order valence-corrected chi connectivity index (χ4v) is 5.03. The molecule has 1 saturated carbocycles. The molecular weight excluding hydrogens is 424 g/mol. The van der Waals surface area contributed by atoms with Crippen molar-refractivity contribution in [2.75, 3.05) is 4.90 Å². The molecule has 2 aliphatic rings. The lowest BCUT2D eigenvalue weighted by Gasteiger charge is -2.48. The highest BCUT2D eigenvalue weighted by molar-refractivity contribution is 7.13. The molecule has 0 bridgehead atoms. The van der Waals surface area contributed by atoms with E-state index in [2.05, 4.69) is 30.4 Å². The number of anilines is 1. The number of halogens is 2. The lowest BCUT2D eigenvalue weighted by molar-refractivity contribution is -0.0878. The molecule has 31 heavy (non-hydrogen) atoms. The number of nitrogens with one attached hydrogen (secondary N) is 1. The molecule has 0 spiro atoms. The van der Waals surface area contributed by atoms with Gasteiger partial charge in [-0.3, -0.25) is 9.67 Å². The van der Waals surface area contributed by atoms with Crippen LogP contribution < -0.4 is 4.90 Å². The zero-order chi connectivity index (χ0) is 21.2. The van der Waals surface area contributed by atoms with Crippen molar-refractivity contribution in [1.82, 2.24) is 39.9 Å². The summed E-state index contributed by atoms with van der Waals surface area (Å²) in [5, 5.41) is 18.1. The second-order valence-corrected chi connectivity index (χ2v) is 8.60. The first kappa shape index (κ1) is 18.5. The van der Waals surface area contributed by atoms with E-state index < -0.39 is 5.92 Å². The Balaban J connectivity index is 1.50. The van der Waals surface area contributed by atoms with E-state index >= 15 is 0 Å². The van der Waals surface area contributed by atoms with Gasteiger partial charge < -0.3 is 4.90 Å². The molecule has 4 aromatic heterocycles. The molecule has 9 nitrogen and oxygen atoms in total. The minimum absolute atomic E-state index is 0.193. The average molecular weight is 441 g/mol. The van der Waals surface area contributed by atoms with Crippen molar-refractivity contribution >= 4 is 17.2 Å². The number of aromatic amines is 1. The Morgan fingerprint density at radius 1 is 1.26 bits per heavy atom. The lowest BCUT2D eigenvalue weighted by Crippen LogP contribution is -2.54. The maximum Gasteiger partial charge on any atom is 0.252 e. The summed E-state index contributed by atoms with van der Waals surface area (Å²) < 4.78 is 29.4. The molecule has 1 atom stereocenters. The van der Waals surface area contributed by atoms with E-state index in [0.717, 1.165) is 10.7 Å². The van der Waals surface area contributed by atoms with Crippen LogP contribution in [-0.4, -0.2) is 51.9 Å². The maximum atomic E-state index is 13.8. The number of hydrogen-bond acceptors (Lipinski definition) is 8. The van der Waals surface area contributed by atoms with Crippen LogP contribution in [0.25, 0.3) is 27.8 Å². The van der Waals surface area contributed by atoms with Crippen LogP contribution in [0.5, 0.6) is 0 Å². The summed E-state index contributed by atoms with van der Waals surface area (Å²) in [5.74, 6) is -0.864. The second-order valence-electron chi connectivity index (χ2n) is 7.71. The Morgan fingerprint density at radius 2 is 2.13 bits per heavy atom.